The summed E-state index contributed by atoms with van der Waals surface area (Å²) in [4.78, 5) is 18.9. The summed E-state index contributed by atoms with van der Waals surface area (Å²) in [7, 11) is 0. The first kappa shape index (κ1) is 19.9. The van der Waals surface area contributed by atoms with Crippen molar-refractivity contribution >= 4 is 6.03 Å². The van der Waals surface area contributed by atoms with Crippen LogP contribution in [0.3, 0.4) is 0 Å². The monoisotopic (exact) mass is 360 g/mol. The van der Waals surface area contributed by atoms with Gasteiger partial charge in [-0.2, -0.15) is 0 Å². The molecule has 0 atom stereocenters. The molecule has 2 aromatic rings. The van der Waals surface area contributed by atoms with Gasteiger partial charge in [0.25, 0.3) is 0 Å². The molecule has 26 heavy (non-hydrogen) atoms. The first-order chi connectivity index (χ1) is 12.1. The summed E-state index contributed by atoms with van der Waals surface area (Å²) < 4.78 is 15.1. The lowest BCUT2D eigenvalue weighted by Gasteiger charge is -2.29. The van der Waals surface area contributed by atoms with Gasteiger partial charge >= 0.3 is 6.03 Å². The molecule has 2 rings (SSSR count). The van der Waals surface area contributed by atoms with Crippen molar-refractivity contribution in [1.82, 2.24) is 19.8 Å². The molecule has 0 fully saturated rings. The second-order valence-corrected chi connectivity index (χ2v) is 8.05. The Balaban J connectivity index is 2.14. The third kappa shape index (κ3) is 6.17. The van der Waals surface area contributed by atoms with Crippen LogP contribution in [0.4, 0.5) is 9.18 Å². The number of hydrogen-bond acceptors (Lipinski definition) is 2. The summed E-state index contributed by atoms with van der Waals surface area (Å²) >= 11 is 0. The summed E-state index contributed by atoms with van der Waals surface area (Å²) in [6, 6.07) is 6.33. The standard InChI is InChI=1S/C20H29FN4O/c1-15(2)12-25(19(26)23-20(3,4)5)14-18-22-10-11-24(18)13-16-6-8-17(21)9-7-16/h6-11,15H,12-14H2,1-5H3,(H,23,26). The molecule has 6 heteroatoms. The topological polar surface area (TPSA) is 50.2 Å². The van der Waals surface area contributed by atoms with E-state index in [0.29, 0.717) is 25.6 Å². The van der Waals surface area contributed by atoms with Crippen molar-refractivity contribution in [1.29, 1.82) is 0 Å². The number of halogens is 1. The van der Waals surface area contributed by atoms with Gasteiger partial charge in [0, 0.05) is 31.0 Å². The lowest BCUT2D eigenvalue weighted by molar-refractivity contribution is 0.177. The number of nitrogens with zero attached hydrogens (tertiary/aromatic N) is 3. The van der Waals surface area contributed by atoms with Crippen LogP contribution in [-0.2, 0) is 13.1 Å². The van der Waals surface area contributed by atoms with E-state index in [9.17, 15) is 9.18 Å². The largest absolute Gasteiger partial charge is 0.333 e. The highest BCUT2D eigenvalue weighted by atomic mass is 19.1. The molecule has 0 saturated heterocycles. The number of carbonyl (C=O) groups is 1. The van der Waals surface area contributed by atoms with Gasteiger partial charge < -0.3 is 14.8 Å². The minimum Gasteiger partial charge on any atom is -0.333 e. The predicted octanol–water partition coefficient (Wildman–Crippen LogP) is 4.04. The van der Waals surface area contributed by atoms with E-state index < -0.39 is 0 Å². The minimum absolute atomic E-state index is 0.0949. The Labute approximate surface area is 155 Å². The molecule has 0 spiro atoms. The average molecular weight is 360 g/mol. The van der Waals surface area contributed by atoms with Crippen molar-refractivity contribution in [2.24, 2.45) is 5.92 Å². The van der Waals surface area contributed by atoms with Crippen LogP contribution in [0.5, 0.6) is 0 Å². The minimum atomic E-state index is -0.296. The van der Waals surface area contributed by atoms with Crippen LogP contribution in [-0.4, -0.2) is 32.6 Å². The van der Waals surface area contributed by atoms with Crippen molar-refractivity contribution in [3.05, 3.63) is 53.9 Å². The third-order valence-corrected chi connectivity index (χ3v) is 3.75. The maximum atomic E-state index is 13.1. The van der Waals surface area contributed by atoms with Crippen molar-refractivity contribution in [2.75, 3.05) is 6.54 Å². The predicted molar refractivity (Wildman–Crippen MR) is 101 cm³/mol. The molecule has 1 heterocycles. The summed E-state index contributed by atoms with van der Waals surface area (Å²) in [5.41, 5.74) is 0.691. The van der Waals surface area contributed by atoms with Gasteiger partial charge in [-0.25, -0.2) is 14.2 Å². The van der Waals surface area contributed by atoms with Crippen molar-refractivity contribution in [3.63, 3.8) is 0 Å². The second kappa shape index (κ2) is 8.34. The first-order valence-electron chi connectivity index (χ1n) is 8.95. The van der Waals surface area contributed by atoms with E-state index in [1.165, 1.54) is 12.1 Å². The summed E-state index contributed by atoms with van der Waals surface area (Å²) in [6.07, 6.45) is 3.61. The molecule has 0 aliphatic carbocycles. The third-order valence-electron chi connectivity index (χ3n) is 3.75. The van der Waals surface area contributed by atoms with E-state index in [-0.39, 0.29) is 17.4 Å². The molecular weight excluding hydrogens is 331 g/mol. The molecule has 0 bridgehead atoms. The smallest absolute Gasteiger partial charge is 0.318 e. The SMILES string of the molecule is CC(C)CN(Cc1nccn1Cc1ccc(F)cc1)C(=O)NC(C)(C)C. The van der Waals surface area contributed by atoms with E-state index >= 15 is 0 Å². The number of amides is 2. The van der Waals surface area contributed by atoms with E-state index in [1.807, 2.05) is 31.5 Å². The molecule has 0 aliphatic rings. The highest BCUT2D eigenvalue weighted by Gasteiger charge is 2.22. The number of carbonyl (C=O) groups excluding carboxylic acids is 1. The molecule has 0 saturated carbocycles. The molecular formula is C20H29FN4O. The maximum Gasteiger partial charge on any atom is 0.318 e. The zero-order valence-corrected chi connectivity index (χ0v) is 16.3. The molecule has 142 valence electrons. The molecule has 2 amide bonds. The maximum absolute atomic E-state index is 13.1. The molecule has 0 aliphatic heterocycles. The van der Waals surface area contributed by atoms with Gasteiger partial charge in [-0.1, -0.05) is 26.0 Å². The van der Waals surface area contributed by atoms with Crippen LogP contribution < -0.4 is 5.32 Å². The Morgan fingerprint density at radius 1 is 1.27 bits per heavy atom. The van der Waals surface area contributed by atoms with Crippen LogP contribution in [0, 0.1) is 11.7 Å². The lowest BCUT2D eigenvalue weighted by atomic mass is 10.1. The number of imidazole rings is 1. The van der Waals surface area contributed by atoms with Gasteiger partial charge in [-0.3, -0.25) is 0 Å². The summed E-state index contributed by atoms with van der Waals surface area (Å²) in [5.74, 6) is 0.904. The molecule has 0 radical (unpaired) electrons. The zero-order valence-electron chi connectivity index (χ0n) is 16.3. The summed E-state index contributed by atoms with van der Waals surface area (Å²) in [6.45, 7) is 11.7. The highest BCUT2D eigenvalue weighted by Crippen LogP contribution is 2.12. The fraction of sp³-hybridized carbons (Fsp3) is 0.500. The normalized spacial score (nSPS) is 11.7. The molecule has 0 unspecified atom stereocenters. The lowest BCUT2D eigenvalue weighted by Crippen LogP contribution is -2.49. The van der Waals surface area contributed by atoms with E-state index in [1.54, 1.807) is 23.2 Å². The van der Waals surface area contributed by atoms with Gasteiger partial charge in [-0.15, -0.1) is 0 Å². The summed E-state index contributed by atoms with van der Waals surface area (Å²) in [5, 5.41) is 3.02. The van der Waals surface area contributed by atoms with Gasteiger partial charge in [0.1, 0.15) is 11.6 Å². The number of nitrogens with one attached hydrogen (secondary N) is 1. The quantitative estimate of drug-likeness (QED) is 0.845. The van der Waals surface area contributed by atoms with E-state index in [0.717, 1.165) is 11.4 Å². The van der Waals surface area contributed by atoms with Gasteiger partial charge in [0.2, 0.25) is 0 Å². The van der Waals surface area contributed by atoms with E-state index in [4.69, 9.17) is 0 Å². The molecule has 1 aromatic heterocycles. The second-order valence-electron chi connectivity index (χ2n) is 8.05. The van der Waals surface area contributed by atoms with Crippen LogP contribution in [0.15, 0.2) is 36.7 Å². The van der Waals surface area contributed by atoms with Gasteiger partial charge in [-0.05, 0) is 44.4 Å². The highest BCUT2D eigenvalue weighted by molar-refractivity contribution is 5.74. The molecule has 1 N–H and O–H groups in total. The first-order valence-corrected chi connectivity index (χ1v) is 8.95. The number of hydrogen-bond donors (Lipinski definition) is 1. The average Bonchev–Trinajstić information content (AvgIpc) is 2.94. The molecule has 1 aromatic carbocycles. The number of benzene rings is 1. The Kier molecular flexibility index (Phi) is 6.40. The van der Waals surface area contributed by atoms with Crippen LogP contribution in [0.2, 0.25) is 0 Å². The Morgan fingerprint density at radius 2 is 1.92 bits per heavy atom. The van der Waals surface area contributed by atoms with Gasteiger partial charge in [0.15, 0.2) is 0 Å². The van der Waals surface area contributed by atoms with Crippen molar-refractivity contribution < 1.29 is 9.18 Å². The Hall–Kier alpha value is -2.37. The van der Waals surface area contributed by atoms with E-state index in [2.05, 4.69) is 24.1 Å². The Bertz CT molecular complexity index is 716. The van der Waals surface area contributed by atoms with Crippen LogP contribution in [0.1, 0.15) is 46.0 Å². The Morgan fingerprint density at radius 3 is 2.50 bits per heavy atom. The number of aromatic nitrogens is 2. The van der Waals surface area contributed by atoms with Gasteiger partial charge in [0.05, 0.1) is 6.54 Å². The fourth-order valence-electron chi connectivity index (χ4n) is 2.65. The molecule has 5 nitrogen and oxygen atoms in total. The fourth-order valence-corrected chi connectivity index (χ4v) is 2.65. The van der Waals surface area contributed by atoms with Crippen LogP contribution >= 0.6 is 0 Å². The number of urea groups is 1. The number of rotatable bonds is 6. The zero-order chi connectivity index (χ0) is 19.3. The van der Waals surface area contributed by atoms with Crippen LogP contribution in [0.25, 0.3) is 0 Å². The van der Waals surface area contributed by atoms with Crippen molar-refractivity contribution in [2.45, 2.75) is 53.2 Å². The van der Waals surface area contributed by atoms with Crippen molar-refractivity contribution in [3.8, 4) is 0 Å².